The van der Waals surface area contributed by atoms with Crippen molar-refractivity contribution in [2.24, 2.45) is 0 Å². The van der Waals surface area contributed by atoms with Crippen molar-refractivity contribution in [1.82, 2.24) is 0 Å². The third-order valence-corrected chi connectivity index (χ3v) is 12.5. The minimum absolute atomic E-state index is 0.0219. The molecule has 0 aromatic heterocycles. The zero-order valence-electron chi connectivity index (χ0n) is 43.6. The van der Waals surface area contributed by atoms with Gasteiger partial charge in [0.05, 0.1) is 34.4 Å². The second-order valence-corrected chi connectivity index (χ2v) is 20.6. The van der Waals surface area contributed by atoms with Crippen molar-refractivity contribution < 1.29 is 37.3 Å². The average Bonchev–Trinajstić information content (AvgIpc) is 3.28. The summed E-state index contributed by atoms with van der Waals surface area (Å²) in [5.41, 5.74) is 0. The number of carbonyl (C=O) groups is 1. The minimum atomic E-state index is -4.54. The SMILES string of the molecule is CC/C=C\C/C=C\C/C=C\C/C=C\C/C=C\C/C=C\CCCCCCCCCOCC(COP(=O)([O-])OCC[N+](C)(C)C)OC(=O)CCCCCCCCCCCCCCCCCCCC. The highest BCUT2D eigenvalue weighted by atomic mass is 31.2. The van der Waals surface area contributed by atoms with Crippen LogP contribution >= 0.6 is 7.82 Å². The van der Waals surface area contributed by atoms with Gasteiger partial charge in [-0.05, 0) is 64.2 Å². The molecule has 0 N–H and O–H groups in total. The molecule has 384 valence electrons. The minimum Gasteiger partial charge on any atom is -0.756 e. The Morgan fingerprint density at radius 3 is 1.32 bits per heavy atom. The molecule has 2 atom stereocenters. The highest BCUT2D eigenvalue weighted by molar-refractivity contribution is 7.45. The van der Waals surface area contributed by atoms with Crippen molar-refractivity contribution in [1.29, 1.82) is 0 Å². The first kappa shape index (κ1) is 63.9. The standard InChI is InChI=1S/C57H104NO7P/c1-6-8-10-12-14-16-18-20-22-24-26-27-28-29-30-31-32-33-35-37-39-41-43-45-47-49-52-62-54-56(55-64-66(60,61)63-53-51-58(3,4)5)65-57(59)50-48-46-44-42-40-38-36-34-25-23-21-19-17-15-13-11-9-7-2/h8,10,14,16,20,22,26-27,29-30,32-33,56H,6-7,9,11-13,15,17-19,21,23-25,28,31,34-55H2,1-5H3/b10-8-,16-14-,22-20-,27-26-,30-29-,33-32-. The average molecular weight is 946 g/mol. The number of phosphoric ester groups is 1. The van der Waals surface area contributed by atoms with Crippen LogP contribution < -0.4 is 4.89 Å². The van der Waals surface area contributed by atoms with Crippen LogP contribution in [0.3, 0.4) is 0 Å². The maximum Gasteiger partial charge on any atom is 0.306 e. The highest BCUT2D eigenvalue weighted by Crippen LogP contribution is 2.38. The molecule has 0 fully saturated rings. The molecule has 0 radical (unpaired) electrons. The van der Waals surface area contributed by atoms with E-state index in [1.165, 1.54) is 122 Å². The zero-order chi connectivity index (χ0) is 48.3. The molecule has 0 aliphatic rings. The molecule has 0 saturated carbocycles. The number of ether oxygens (including phenoxy) is 2. The van der Waals surface area contributed by atoms with Crippen molar-refractivity contribution in [3.8, 4) is 0 Å². The molecule has 0 saturated heterocycles. The maximum absolute atomic E-state index is 12.8. The number of allylic oxidation sites excluding steroid dienone is 12. The zero-order valence-corrected chi connectivity index (χ0v) is 44.5. The van der Waals surface area contributed by atoms with Gasteiger partial charge < -0.3 is 27.9 Å². The van der Waals surface area contributed by atoms with E-state index >= 15 is 0 Å². The Morgan fingerprint density at radius 2 is 0.879 bits per heavy atom. The van der Waals surface area contributed by atoms with Gasteiger partial charge in [0.25, 0.3) is 7.82 Å². The number of nitrogens with zero attached hydrogens (tertiary/aromatic N) is 1. The number of hydrogen-bond acceptors (Lipinski definition) is 7. The Hall–Kier alpha value is -2.06. The molecule has 0 aromatic rings. The van der Waals surface area contributed by atoms with E-state index in [-0.39, 0.29) is 25.8 Å². The fourth-order valence-electron chi connectivity index (χ4n) is 7.37. The lowest BCUT2D eigenvalue weighted by Crippen LogP contribution is -2.37. The number of phosphoric acid groups is 1. The molecule has 2 unspecified atom stereocenters. The van der Waals surface area contributed by atoms with Gasteiger partial charge in [-0.1, -0.05) is 228 Å². The predicted octanol–water partition coefficient (Wildman–Crippen LogP) is 16.4. The number of rotatable bonds is 50. The number of esters is 1. The summed E-state index contributed by atoms with van der Waals surface area (Å²) in [7, 11) is 1.35. The Bertz CT molecular complexity index is 1280. The second kappa shape index (κ2) is 49.4. The van der Waals surface area contributed by atoms with Crippen LogP contribution in [0.4, 0.5) is 0 Å². The third-order valence-electron chi connectivity index (χ3n) is 11.5. The molecule has 0 aliphatic carbocycles. The smallest absolute Gasteiger partial charge is 0.306 e. The van der Waals surface area contributed by atoms with Gasteiger partial charge in [-0.15, -0.1) is 0 Å². The molecule has 0 rings (SSSR count). The maximum atomic E-state index is 12.8. The van der Waals surface area contributed by atoms with Gasteiger partial charge in [0.2, 0.25) is 0 Å². The normalized spacial score (nSPS) is 14.1. The summed E-state index contributed by atoms with van der Waals surface area (Å²) in [6.45, 7) is 5.29. The Kier molecular flexibility index (Phi) is 47.8. The largest absolute Gasteiger partial charge is 0.756 e. The van der Waals surface area contributed by atoms with E-state index in [0.717, 1.165) is 83.5 Å². The van der Waals surface area contributed by atoms with Crippen molar-refractivity contribution >= 4 is 13.8 Å². The summed E-state index contributed by atoms with van der Waals surface area (Å²) in [4.78, 5) is 25.2. The van der Waals surface area contributed by atoms with E-state index in [1.807, 2.05) is 21.1 Å². The van der Waals surface area contributed by atoms with E-state index < -0.39 is 13.9 Å². The van der Waals surface area contributed by atoms with Gasteiger partial charge in [0.1, 0.15) is 19.3 Å². The molecule has 0 bridgehead atoms. The number of quaternary nitrogens is 1. The van der Waals surface area contributed by atoms with Crippen LogP contribution in [-0.4, -0.2) is 70.7 Å². The molecular weight excluding hydrogens is 842 g/mol. The lowest BCUT2D eigenvalue weighted by atomic mass is 10.0. The molecular formula is C57H104NO7P. The number of unbranched alkanes of at least 4 members (excludes halogenated alkanes) is 24. The lowest BCUT2D eigenvalue weighted by Gasteiger charge is -2.28. The van der Waals surface area contributed by atoms with Crippen molar-refractivity contribution in [2.75, 3.05) is 54.1 Å². The fourth-order valence-corrected chi connectivity index (χ4v) is 8.10. The van der Waals surface area contributed by atoms with Crippen molar-refractivity contribution in [3.63, 3.8) is 0 Å². The van der Waals surface area contributed by atoms with E-state index in [9.17, 15) is 14.3 Å². The van der Waals surface area contributed by atoms with Crippen LogP contribution in [0, 0.1) is 0 Å². The first-order chi connectivity index (χ1) is 32.1. The first-order valence-electron chi connectivity index (χ1n) is 27.2. The predicted molar refractivity (Wildman–Crippen MR) is 282 cm³/mol. The highest BCUT2D eigenvalue weighted by Gasteiger charge is 2.20. The molecule has 0 spiro atoms. The number of likely N-dealkylation sites (N-methyl/N-ethyl adjacent to an activating group) is 1. The molecule has 8 nitrogen and oxygen atoms in total. The number of carbonyl (C=O) groups excluding carboxylic acids is 1. The molecule has 0 aliphatic heterocycles. The van der Waals surface area contributed by atoms with Crippen LogP contribution in [0.25, 0.3) is 0 Å². The van der Waals surface area contributed by atoms with Gasteiger partial charge in [0, 0.05) is 13.0 Å². The van der Waals surface area contributed by atoms with E-state index in [0.29, 0.717) is 24.1 Å². The first-order valence-corrected chi connectivity index (χ1v) is 28.6. The van der Waals surface area contributed by atoms with Gasteiger partial charge >= 0.3 is 5.97 Å². The summed E-state index contributed by atoms with van der Waals surface area (Å²) in [6.07, 6.45) is 65.0. The fraction of sp³-hybridized carbons (Fsp3) is 0.772. The molecule has 0 amide bonds. The summed E-state index contributed by atoms with van der Waals surface area (Å²) in [5.74, 6) is -0.337. The summed E-state index contributed by atoms with van der Waals surface area (Å²) < 4.78 is 34.8. The third kappa shape index (κ3) is 52.9. The van der Waals surface area contributed by atoms with Crippen LogP contribution in [0.5, 0.6) is 0 Å². The summed E-state index contributed by atoms with van der Waals surface area (Å²) in [6, 6.07) is 0. The van der Waals surface area contributed by atoms with Gasteiger partial charge in [-0.3, -0.25) is 9.36 Å². The molecule has 66 heavy (non-hydrogen) atoms. The molecule has 9 heteroatoms. The van der Waals surface area contributed by atoms with Crippen molar-refractivity contribution in [3.05, 3.63) is 72.9 Å². The van der Waals surface area contributed by atoms with E-state index in [2.05, 4.69) is 86.8 Å². The Labute approximate surface area is 408 Å². The topological polar surface area (TPSA) is 94.1 Å². The molecule has 0 aromatic carbocycles. The molecule has 0 heterocycles. The van der Waals surface area contributed by atoms with Crippen LogP contribution in [-0.2, 0) is 27.9 Å². The van der Waals surface area contributed by atoms with Crippen LogP contribution in [0.1, 0.15) is 226 Å². The second-order valence-electron chi connectivity index (χ2n) is 19.2. The van der Waals surface area contributed by atoms with Crippen LogP contribution in [0.15, 0.2) is 72.9 Å². The summed E-state index contributed by atoms with van der Waals surface area (Å²) >= 11 is 0. The monoisotopic (exact) mass is 946 g/mol. The quantitative estimate of drug-likeness (QED) is 0.0197. The summed E-state index contributed by atoms with van der Waals surface area (Å²) in [5, 5.41) is 0. The van der Waals surface area contributed by atoms with Crippen LogP contribution in [0.2, 0.25) is 0 Å². The Balaban J connectivity index is 4.14. The van der Waals surface area contributed by atoms with Gasteiger partial charge in [0.15, 0.2) is 0 Å². The lowest BCUT2D eigenvalue weighted by molar-refractivity contribution is -0.870. The Morgan fingerprint density at radius 1 is 0.485 bits per heavy atom. The van der Waals surface area contributed by atoms with Crippen molar-refractivity contribution in [2.45, 2.75) is 232 Å². The van der Waals surface area contributed by atoms with Gasteiger partial charge in [-0.2, -0.15) is 0 Å². The van der Waals surface area contributed by atoms with Gasteiger partial charge in [-0.25, -0.2) is 0 Å². The van der Waals surface area contributed by atoms with E-state index in [4.69, 9.17) is 18.5 Å². The van der Waals surface area contributed by atoms with E-state index in [1.54, 1.807) is 0 Å². The number of hydrogen-bond donors (Lipinski definition) is 0.